The summed E-state index contributed by atoms with van der Waals surface area (Å²) in [5.74, 6) is -0.267. The number of carbonyl (C=O) groups excluding carboxylic acids is 1. The molecule has 0 atom stereocenters. The predicted molar refractivity (Wildman–Crippen MR) is 110 cm³/mol. The van der Waals surface area contributed by atoms with Gasteiger partial charge in [0.1, 0.15) is 0 Å². The van der Waals surface area contributed by atoms with Crippen LogP contribution in [0.4, 0.5) is 0 Å². The van der Waals surface area contributed by atoms with Gasteiger partial charge >= 0.3 is 11.6 Å². The molecule has 7 heteroatoms. The number of aromatic hydroxyl groups is 1. The Kier molecular flexibility index (Phi) is 9.34. The molecule has 1 aromatic carbocycles. The third kappa shape index (κ3) is 6.69. The van der Waals surface area contributed by atoms with E-state index in [4.69, 9.17) is 18.6 Å². The van der Waals surface area contributed by atoms with Gasteiger partial charge in [-0.25, -0.2) is 4.79 Å². The van der Waals surface area contributed by atoms with Gasteiger partial charge in [-0.2, -0.15) is 0 Å². The van der Waals surface area contributed by atoms with Crippen molar-refractivity contribution in [3.63, 3.8) is 0 Å². The van der Waals surface area contributed by atoms with E-state index in [-0.39, 0.29) is 23.1 Å². The van der Waals surface area contributed by atoms with Crippen molar-refractivity contribution in [2.24, 2.45) is 0 Å². The highest BCUT2D eigenvalue weighted by molar-refractivity contribution is 5.89. The molecular weight excluding hydrogens is 376 g/mol. The molecule has 160 valence electrons. The molecule has 0 bridgehead atoms. The van der Waals surface area contributed by atoms with Crippen LogP contribution in [0, 0.1) is 0 Å². The zero-order chi connectivity index (χ0) is 21.1. The van der Waals surface area contributed by atoms with E-state index in [2.05, 4.69) is 6.92 Å². The van der Waals surface area contributed by atoms with Crippen LogP contribution in [-0.2, 0) is 9.53 Å². The molecule has 1 heterocycles. The second kappa shape index (κ2) is 12.0. The molecule has 2 aromatic rings. The number of hydrogen-bond acceptors (Lipinski definition) is 7. The van der Waals surface area contributed by atoms with Crippen LogP contribution in [0.2, 0.25) is 0 Å². The smallest absolute Gasteiger partial charge is 0.383 e. The number of para-hydroxylation sites is 1. The number of esters is 1. The Bertz CT molecular complexity index is 841. The van der Waals surface area contributed by atoms with Crippen LogP contribution < -0.4 is 15.1 Å². The Hall–Kier alpha value is -2.70. The van der Waals surface area contributed by atoms with Crippen molar-refractivity contribution in [2.75, 3.05) is 19.8 Å². The van der Waals surface area contributed by atoms with Gasteiger partial charge in [0.2, 0.25) is 5.75 Å². The number of fused-ring (bicyclic) bond motifs is 1. The lowest BCUT2D eigenvalue weighted by Gasteiger charge is -2.11. The molecule has 0 aliphatic carbocycles. The highest BCUT2D eigenvalue weighted by Gasteiger charge is 2.18. The number of carbonyl (C=O) groups is 1. The van der Waals surface area contributed by atoms with Crippen LogP contribution >= 0.6 is 0 Å². The maximum absolute atomic E-state index is 12.3. The molecule has 0 spiro atoms. The minimum atomic E-state index is -0.733. The first-order valence-electron chi connectivity index (χ1n) is 10.3. The maximum atomic E-state index is 12.3. The Morgan fingerprint density at radius 1 is 1.03 bits per heavy atom. The van der Waals surface area contributed by atoms with Gasteiger partial charge in [-0.1, -0.05) is 32.3 Å². The number of ether oxygens (including phenoxy) is 3. The number of hydrogen-bond donors (Lipinski definition) is 1. The molecule has 0 aliphatic rings. The summed E-state index contributed by atoms with van der Waals surface area (Å²) in [4.78, 5) is 23.6. The van der Waals surface area contributed by atoms with Gasteiger partial charge in [-0.05, 0) is 38.3 Å². The van der Waals surface area contributed by atoms with Crippen LogP contribution in [0.25, 0.3) is 11.0 Å². The van der Waals surface area contributed by atoms with E-state index in [1.165, 1.54) is 0 Å². The highest BCUT2D eigenvalue weighted by Crippen LogP contribution is 2.35. The average molecular weight is 406 g/mol. The van der Waals surface area contributed by atoms with E-state index in [1.54, 1.807) is 25.1 Å². The fourth-order valence-corrected chi connectivity index (χ4v) is 2.90. The third-order valence-electron chi connectivity index (χ3n) is 4.41. The molecule has 0 amide bonds. The fourth-order valence-electron chi connectivity index (χ4n) is 2.90. The van der Waals surface area contributed by atoms with Crippen LogP contribution in [0.15, 0.2) is 27.4 Å². The first kappa shape index (κ1) is 22.6. The van der Waals surface area contributed by atoms with Crippen molar-refractivity contribution in [1.82, 2.24) is 0 Å². The number of rotatable bonds is 13. The van der Waals surface area contributed by atoms with E-state index in [0.29, 0.717) is 50.2 Å². The van der Waals surface area contributed by atoms with Crippen molar-refractivity contribution < 1.29 is 28.5 Å². The maximum Gasteiger partial charge on any atom is 0.383 e. The van der Waals surface area contributed by atoms with Gasteiger partial charge in [0.15, 0.2) is 17.1 Å². The van der Waals surface area contributed by atoms with Crippen LogP contribution in [0.3, 0.4) is 0 Å². The van der Waals surface area contributed by atoms with E-state index >= 15 is 0 Å². The topological polar surface area (TPSA) is 95.2 Å². The summed E-state index contributed by atoms with van der Waals surface area (Å²) in [6, 6.07) is 5.02. The molecule has 0 aliphatic heterocycles. The minimum absolute atomic E-state index is 0.166. The Labute approximate surface area is 170 Å². The van der Waals surface area contributed by atoms with Crippen molar-refractivity contribution >= 4 is 16.9 Å². The van der Waals surface area contributed by atoms with Gasteiger partial charge in [0, 0.05) is 6.42 Å². The van der Waals surface area contributed by atoms with Gasteiger partial charge in [-0.15, -0.1) is 0 Å². The van der Waals surface area contributed by atoms with Crippen molar-refractivity contribution in [2.45, 2.75) is 58.8 Å². The SMILES string of the molecule is CCCCCCOc1c(O)c2cccc(OCCCCC(=O)OCC)c2oc1=O. The summed E-state index contributed by atoms with van der Waals surface area (Å²) in [6.07, 6.45) is 5.63. The lowest BCUT2D eigenvalue weighted by molar-refractivity contribution is -0.143. The van der Waals surface area contributed by atoms with E-state index in [9.17, 15) is 14.7 Å². The molecule has 1 N–H and O–H groups in total. The molecule has 2 rings (SSSR count). The molecule has 1 aromatic heterocycles. The van der Waals surface area contributed by atoms with Gasteiger partial charge < -0.3 is 23.7 Å². The Morgan fingerprint density at radius 2 is 1.79 bits per heavy atom. The summed E-state index contributed by atoms with van der Waals surface area (Å²) < 4.78 is 21.4. The summed E-state index contributed by atoms with van der Waals surface area (Å²) >= 11 is 0. The van der Waals surface area contributed by atoms with Crippen LogP contribution in [0.5, 0.6) is 17.2 Å². The Balaban J connectivity index is 2.00. The molecule has 29 heavy (non-hydrogen) atoms. The Morgan fingerprint density at radius 3 is 2.55 bits per heavy atom. The van der Waals surface area contributed by atoms with Crippen molar-refractivity contribution in [1.29, 1.82) is 0 Å². The molecule has 0 saturated carbocycles. The fraction of sp³-hybridized carbons (Fsp3) is 0.545. The number of benzene rings is 1. The van der Waals surface area contributed by atoms with Gasteiger partial charge in [-0.3, -0.25) is 4.79 Å². The second-order valence-corrected chi connectivity index (χ2v) is 6.72. The molecule has 0 radical (unpaired) electrons. The van der Waals surface area contributed by atoms with Crippen LogP contribution in [-0.4, -0.2) is 30.9 Å². The summed E-state index contributed by atoms with van der Waals surface area (Å²) in [6.45, 7) is 4.95. The largest absolute Gasteiger partial charge is 0.504 e. The normalized spacial score (nSPS) is 10.8. The highest BCUT2D eigenvalue weighted by atomic mass is 16.5. The van der Waals surface area contributed by atoms with Gasteiger partial charge in [0.05, 0.1) is 25.2 Å². The quantitative estimate of drug-likeness (QED) is 0.296. The first-order chi connectivity index (χ1) is 14.1. The van der Waals surface area contributed by atoms with E-state index in [1.807, 2.05) is 0 Å². The summed E-state index contributed by atoms with van der Waals surface area (Å²) in [5.41, 5.74) is -0.553. The summed E-state index contributed by atoms with van der Waals surface area (Å²) in [7, 11) is 0. The molecule has 0 saturated heterocycles. The molecule has 7 nitrogen and oxygen atoms in total. The minimum Gasteiger partial charge on any atom is -0.504 e. The van der Waals surface area contributed by atoms with E-state index < -0.39 is 5.63 Å². The third-order valence-corrected chi connectivity index (χ3v) is 4.41. The van der Waals surface area contributed by atoms with Gasteiger partial charge in [0.25, 0.3) is 0 Å². The lowest BCUT2D eigenvalue weighted by atomic mass is 10.2. The average Bonchev–Trinajstić information content (AvgIpc) is 2.70. The van der Waals surface area contributed by atoms with Crippen molar-refractivity contribution in [3.8, 4) is 17.2 Å². The zero-order valence-corrected chi connectivity index (χ0v) is 17.2. The van der Waals surface area contributed by atoms with Crippen LogP contribution in [0.1, 0.15) is 58.8 Å². The lowest BCUT2D eigenvalue weighted by Crippen LogP contribution is -2.09. The second-order valence-electron chi connectivity index (χ2n) is 6.72. The summed E-state index contributed by atoms with van der Waals surface area (Å²) in [5, 5.41) is 10.8. The molecular formula is C22H30O7. The first-order valence-corrected chi connectivity index (χ1v) is 10.3. The monoisotopic (exact) mass is 406 g/mol. The standard InChI is InChI=1S/C22H30O7/c1-3-5-6-8-15-28-21-19(24)16-11-10-12-17(20(16)29-22(21)25)27-14-9-7-13-18(23)26-4-2/h10-12,24H,3-9,13-15H2,1-2H3. The number of unbranched alkanes of at least 4 members (excludes halogenated alkanes) is 4. The zero-order valence-electron chi connectivity index (χ0n) is 17.2. The molecule has 0 unspecified atom stereocenters. The van der Waals surface area contributed by atoms with E-state index in [0.717, 1.165) is 25.7 Å². The molecule has 0 fully saturated rings. The van der Waals surface area contributed by atoms with Crippen molar-refractivity contribution in [3.05, 3.63) is 28.6 Å². The predicted octanol–water partition coefficient (Wildman–Crippen LogP) is 4.57.